The number of aldehydes is 1. The zero-order valence-electron chi connectivity index (χ0n) is 14.2. The van der Waals surface area contributed by atoms with Crippen LogP contribution >= 0.6 is 0 Å². The summed E-state index contributed by atoms with van der Waals surface area (Å²) in [5.41, 5.74) is 2.06. The number of hydrogen-bond acceptors (Lipinski definition) is 1. The molecule has 25 heavy (non-hydrogen) atoms. The van der Waals surface area contributed by atoms with Crippen molar-refractivity contribution in [3.8, 4) is 11.3 Å². The highest BCUT2D eigenvalue weighted by Crippen LogP contribution is 2.35. The minimum absolute atomic E-state index is 0.0953. The van der Waals surface area contributed by atoms with Gasteiger partial charge in [-0.3, -0.25) is 4.79 Å². The monoisotopic (exact) mass is 345 g/mol. The summed E-state index contributed by atoms with van der Waals surface area (Å²) in [7, 11) is 0. The highest BCUT2D eigenvalue weighted by Gasteiger charge is 2.30. The fraction of sp³-hybridized carbons (Fsp3) is 0.250. The lowest BCUT2D eigenvalue weighted by Crippen LogP contribution is -2.10. The Bertz CT molecular complexity index is 946. The van der Waals surface area contributed by atoms with Crippen molar-refractivity contribution in [3.05, 3.63) is 59.2 Å². The number of carbonyl (C=O) groups excluding carboxylic acids is 1. The second kappa shape index (κ2) is 5.76. The van der Waals surface area contributed by atoms with Crippen molar-refractivity contribution < 1.29 is 18.0 Å². The SMILES string of the molecule is CC(C)(C)c1ccc2[nH]c(-c3cccc(C(F)(F)F)c3)c(C=O)c2c1. The predicted octanol–water partition coefficient (Wildman–Crippen LogP) is 5.96. The summed E-state index contributed by atoms with van der Waals surface area (Å²) in [4.78, 5) is 14.8. The lowest BCUT2D eigenvalue weighted by molar-refractivity contribution is -0.137. The molecule has 1 aromatic heterocycles. The third-order valence-electron chi connectivity index (χ3n) is 4.30. The molecular formula is C20H18F3NO. The average Bonchev–Trinajstić information content (AvgIpc) is 2.91. The van der Waals surface area contributed by atoms with Crippen LogP contribution in [0, 0.1) is 0 Å². The fourth-order valence-electron chi connectivity index (χ4n) is 2.88. The number of fused-ring (bicyclic) bond motifs is 1. The molecule has 2 nitrogen and oxygen atoms in total. The van der Waals surface area contributed by atoms with E-state index in [1.807, 2.05) is 18.2 Å². The highest BCUT2D eigenvalue weighted by atomic mass is 19.4. The van der Waals surface area contributed by atoms with Gasteiger partial charge in [-0.15, -0.1) is 0 Å². The molecule has 3 rings (SSSR count). The van der Waals surface area contributed by atoms with Gasteiger partial charge in [-0.1, -0.05) is 39.0 Å². The van der Waals surface area contributed by atoms with E-state index in [4.69, 9.17) is 0 Å². The molecule has 1 heterocycles. The van der Waals surface area contributed by atoms with Gasteiger partial charge in [0, 0.05) is 16.5 Å². The molecule has 3 aromatic rings. The van der Waals surface area contributed by atoms with Crippen molar-refractivity contribution in [1.29, 1.82) is 0 Å². The number of H-pyrrole nitrogens is 1. The van der Waals surface area contributed by atoms with Gasteiger partial charge in [0.15, 0.2) is 6.29 Å². The minimum Gasteiger partial charge on any atom is -0.354 e. The van der Waals surface area contributed by atoms with Gasteiger partial charge in [0.05, 0.1) is 11.3 Å². The molecule has 0 aliphatic heterocycles. The first kappa shape index (κ1) is 17.3. The van der Waals surface area contributed by atoms with E-state index in [0.29, 0.717) is 23.1 Å². The van der Waals surface area contributed by atoms with Crippen LogP contribution in [0.3, 0.4) is 0 Å². The van der Waals surface area contributed by atoms with Crippen molar-refractivity contribution in [1.82, 2.24) is 4.98 Å². The molecule has 0 saturated carbocycles. The Morgan fingerprint density at radius 3 is 2.28 bits per heavy atom. The van der Waals surface area contributed by atoms with E-state index >= 15 is 0 Å². The Labute approximate surface area is 143 Å². The number of carbonyl (C=O) groups is 1. The van der Waals surface area contributed by atoms with Crippen LogP contribution in [0.5, 0.6) is 0 Å². The van der Waals surface area contributed by atoms with Crippen LogP contribution in [0.1, 0.15) is 42.3 Å². The fourth-order valence-corrected chi connectivity index (χ4v) is 2.88. The third-order valence-corrected chi connectivity index (χ3v) is 4.30. The van der Waals surface area contributed by atoms with Crippen LogP contribution in [0.2, 0.25) is 0 Å². The van der Waals surface area contributed by atoms with Crippen molar-refractivity contribution in [2.75, 3.05) is 0 Å². The maximum absolute atomic E-state index is 13.0. The first-order chi connectivity index (χ1) is 11.6. The second-order valence-corrected chi connectivity index (χ2v) is 7.12. The average molecular weight is 345 g/mol. The summed E-state index contributed by atoms with van der Waals surface area (Å²) in [5.74, 6) is 0. The van der Waals surface area contributed by atoms with Gasteiger partial charge in [-0.2, -0.15) is 13.2 Å². The van der Waals surface area contributed by atoms with Crippen LogP contribution < -0.4 is 0 Å². The number of rotatable bonds is 2. The van der Waals surface area contributed by atoms with E-state index in [1.54, 1.807) is 6.07 Å². The molecule has 0 aliphatic carbocycles. The molecule has 0 bridgehead atoms. The van der Waals surface area contributed by atoms with E-state index < -0.39 is 11.7 Å². The lowest BCUT2D eigenvalue weighted by atomic mass is 9.86. The van der Waals surface area contributed by atoms with Gasteiger partial charge in [0.1, 0.15) is 0 Å². The number of hydrogen-bond donors (Lipinski definition) is 1. The normalized spacial score (nSPS) is 12.6. The number of benzene rings is 2. The van der Waals surface area contributed by atoms with Crippen LogP contribution in [0.4, 0.5) is 13.2 Å². The number of nitrogens with one attached hydrogen (secondary N) is 1. The Morgan fingerprint density at radius 2 is 1.68 bits per heavy atom. The molecule has 1 N–H and O–H groups in total. The number of alkyl halides is 3. The zero-order chi connectivity index (χ0) is 18.4. The Morgan fingerprint density at radius 1 is 0.960 bits per heavy atom. The Hall–Kier alpha value is -2.56. The summed E-state index contributed by atoms with van der Waals surface area (Å²) in [6, 6.07) is 10.7. The van der Waals surface area contributed by atoms with Gasteiger partial charge in [0.25, 0.3) is 0 Å². The molecule has 0 amide bonds. The molecule has 5 heteroatoms. The predicted molar refractivity (Wildman–Crippen MR) is 92.8 cm³/mol. The largest absolute Gasteiger partial charge is 0.416 e. The van der Waals surface area contributed by atoms with Crippen molar-refractivity contribution in [2.24, 2.45) is 0 Å². The highest BCUT2D eigenvalue weighted by molar-refractivity contribution is 6.04. The van der Waals surface area contributed by atoms with E-state index in [-0.39, 0.29) is 5.41 Å². The summed E-state index contributed by atoms with van der Waals surface area (Å²) >= 11 is 0. The lowest BCUT2D eigenvalue weighted by Gasteiger charge is -2.18. The molecular weight excluding hydrogens is 327 g/mol. The van der Waals surface area contributed by atoms with Crippen molar-refractivity contribution in [2.45, 2.75) is 32.4 Å². The van der Waals surface area contributed by atoms with Crippen molar-refractivity contribution >= 4 is 17.2 Å². The van der Waals surface area contributed by atoms with Crippen molar-refractivity contribution in [3.63, 3.8) is 0 Å². The summed E-state index contributed by atoms with van der Waals surface area (Å²) in [6.45, 7) is 6.19. The first-order valence-electron chi connectivity index (χ1n) is 7.90. The second-order valence-electron chi connectivity index (χ2n) is 7.12. The van der Waals surface area contributed by atoms with E-state index in [9.17, 15) is 18.0 Å². The van der Waals surface area contributed by atoms with Crippen LogP contribution in [0.15, 0.2) is 42.5 Å². The molecule has 0 atom stereocenters. The summed E-state index contributed by atoms with van der Waals surface area (Å²) in [6.07, 6.45) is -3.73. The molecule has 0 saturated heterocycles. The van der Waals surface area contributed by atoms with Gasteiger partial charge < -0.3 is 4.98 Å². The zero-order valence-corrected chi connectivity index (χ0v) is 14.2. The quantitative estimate of drug-likeness (QED) is 0.571. The standard InChI is InChI=1S/C20H18F3NO/c1-19(2,3)13-7-8-17-15(10-13)16(11-25)18(24-17)12-5-4-6-14(9-12)20(21,22)23/h4-11,24H,1-3H3. The molecule has 0 aliphatic rings. The number of aromatic amines is 1. The first-order valence-corrected chi connectivity index (χ1v) is 7.90. The third kappa shape index (κ3) is 3.18. The van der Waals surface area contributed by atoms with Gasteiger partial charge >= 0.3 is 6.18 Å². The maximum Gasteiger partial charge on any atom is 0.416 e. The molecule has 0 radical (unpaired) electrons. The van der Waals surface area contributed by atoms with E-state index in [0.717, 1.165) is 28.6 Å². The summed E-state index contributed by atoms with van der Waals surface area (Å²) in [5, 5.41) is 0.717. The molecule has 0 unspecified atom stereocenters. The summed E-state index contributed by atoms with van der Waals surface area (Å²) < 4.78 is 38.9. The van der Waals surface area contributed by atoms with E-state index in [2.05, 4.69) is 25.8 Å². The van der Waals surface area contributed by atoms with Gasteiger partial charge in [0.2, 0.25) is 0 Å². The Balaban J connectivity index is 2.22. The number of halogens is 3. The van der Waals surface area contributed by atoms with Crippen LogP contribution in [-0.2, 0) is 11.6 Å². The smallest absolute Gasteiger partial charge is 0.354 e. The Kier molecular flexibility index (Phi) is 3.98. The van der Waals surface area contributed by atoms with E-state index in [1.165, 1.54) is 6.07 Å². The number of aromatic nitrogens is 1. The van der Waals surface area contributed by atoms with Gasteiger partial charge in [-0.25, -0.2) is 0 Å². The van der Waals surface area contributed by atoms with Crippen LogP contribution in [0.25, 0.3) is 22.2 Å². The molecule has 0 spiro atoms. The maximum atomic E-state index is 13.0. The molecule has 2 aromatic carbocycles. The molecule has 130 valence electrons. The van der Waals surface area contributed by atoms with Gasteiger partial charge in [-0.05, 0) is 40.8 Å². The molecule has 0 fully saturated rings. The minimum atomic E-state index is -4.43. The van der Waals surface area contributed by atoms with Crippen LogP contribution in [-0.4, -0.2) is 11.3 Å². The topological polar surface area (TPSA) is 32.9 Å².